The summed E-state index contributed by atoms with van der Waals surface area (Å²) in [5, 5.41) is 0. The molecule has 4 nitrogen and oxygen atoms in total. The zero-order chi connectivity index (χ0) is 11.8. The van der Waals surface area contributed by atoms with Crippen LogP contribution in [0.15, 0.2) is 0 Å². The molecule has 0 aromatic heterocycles. The third kappa shape index (κ3) is 2.38. The molecule has 1 saturated heterocycles. The van der Waals surface area contributed by atoms with E-state index in [-0.39, 0.29) is 12.0 Å². The molecule has 92 valence electrons. The zero-order valence-corrected chi connectivity index (χ0v) is 10.2. The average molecular weight is 226 g/mol. The molecule has 1 amide bonds. The molecule has 1 saturated carbocycles. The number of hydrogen-bond acceptors (Lipinski definition) is 3. The second-order valence-electron chi connectivity index (χ2n) is 5.38. The molecule has 0 spiro atoms. The van der Waals surface area contributed by atoms with Crippen molar-refractivity contribution in [3.05, 3.63) is 0 Å². The van der Waals surface area contributed by atoms with Crippen LogP contribution in [0.2, 0.25) is 0 Å². The van der Waals surface area contributed by atoms with Gasteiger partial charge in [-0.25, -0.2) is 0 Å². The number of nitrogens with two attached hydrogens (primary N) is 1. The highest BCUT2D eigenvalue weighted by Crippen LogP contribution is 2.38. The van der Waals surface area contributed by atoms with Gasteiger partial charge in [-0.15, -0.1) is 0 Å². The monoisotopic (exact) mass is 226 g/mol. The third-order valence-electron chi connectivity index (χ3n) is 3.73. The average Bonchev–Trinajstić information content (AvgIpc) is 2.99. The Hall–Kier alpha value is -0.610. The van der Waals surface area contributed by atoms with Crippen LogP contribution in [0, 0.1) is 5.92 Å². The quantitative estimate of drug-likeness (QED) is 0.769. The molecule has 2 rings (SSSR count). The first-order valence-electron chi connectivity index (χ1n) is 6.18. The number of carbonyl (C=O) groups excluding carboxylic acids is 1. The Balaban J connectivity index is 1.87. The maximum atomic E-state index is 12.2. The van der Waals surface area contributed by atoms with Crippen LogP contribution in [0.25, 0.3) is 0 Å². The van der Waals surface area contributed by atoms with E-state index in [1.165, 1.54) is 0 Å². The largest absolute Gasteiger partial charge is 0.376 e. The van der Waals surface area contributed by atoms with E-state index in [0.29, 0.717) is 12.5 Å². The van der Waals surface area contributed by atoms with Crippen LogP contribution in [-0.2, 0) is 9.53 Å². The molecular weight excluding hydrogens is 204 g/mol. The van der Waals surface area contributed by atoms with E-state index < -0.39 is 5.54 Å². The van der Waals surface area contributed by atoms with Gasteiger partial charge in [-0.1, -0.05) is 0 Å². The maximum absolute atomic E-state index is 12.2. The molecular formula is C12H22N2O2. The van der Waals surface area contributed by atoms with Gasteiger partial charge < -0.3 is 15.4 Å². The van der Waals surface area contributed by atoms with Gasteiger partial charge in [0, 0.05) is 20.2 Å². The Kier molecular flexibility index (Phi) is 3.22. The number of ether oxygens (including phenoxy) is 1. The highest BCUT2D eigenvalue weighted by molar-refractivity contribution is 5.86. The van der Waals surface area contributed by atoms with Crippen LogP contribution < -0.4 is 5.73 Å². The molecule has 1 aliphatic carbocycles. The van der Waals surface area contributed by atoms with Crippen molar-refractivity contribution in [3.8, 4) is 0 Å². The number of amides is 1. The van der Waals surface area contributed by atoms with Gasteiger partial charge in [-0.05, 0) is 38.5 Å². The lowest BCUT2D eigenvalue weighted by molar-refractivity contribution is -0.137. The molecule has 4 heteroatoms. The van der Waals surface area contributed by atoms with E-state index in [1.54, 1.807) is 4.90 Å². The number of likely N-dealkylation sites (N-methyl/N-ethyl adjacent to an activating group) is 1. The molecule has 2 unspecified atom stereocenters. The van der Waals surface area contributed by atoms with Crippen molar-refractivity contribution >= 4 is 5.91 Å². The molecule has 0 bridgehead atoms. The fourth-order valence-corrected chi connectivity index (χ4v) is 2.45. The first-order valence-corrected chi connectivity index (χ1v) is 6.18. The fourth-order valence-electron chi connectivity index (χ4n) is 2.45. The van der Waals surface area contributed by atoms with Gasteiger partial charge in [-0.2, -0.15) is 0 Å². The van der Waals surface area contributed by atoms with Gasteiger partial charge in [0.25, 0.3) is 0 Å². The Morgan fingerprint density at radius 2 is 2.19 bits per heavy atom. The summed E-state index contributed by atoms with van der Waals surface area (Å²) in [4.78, 5) is 13.9. The molecule has 2 N–H and O–H groups in total. The molecule has 0 radical (unpaired) electrons. The first-order chi connectivity index (χ1) is 7.51. The third-order valence-corrected chi connectivity index (χ3v) is 3.73. The van der Waals surface area contributed by atoms with E-state index in [4.69, 9.17) is 10.5 Å². The molecule has 1 aliphatic heterocycles. The SMILES string of the molecule is CN(CC1CCCO1)C(=O)C(C)(N)C1CC1. The van der Waals surface area contributed by atoms with E-state index in [2.05, 4.69) is 0 Å². The summed E-state index contributed by atoms with van der Waals surface area (Å²) in [5.41, 5.74) is 5.44. The lowest BCUT2D eigenvalue weighted by Crippen LogP contribution is -2.55. The summed E-state index contributed by atoms with van der Waals surface area (Å²) >= 11 is 0. The topological polar surface area (TPSA) is 55.6 Å². The van der Waals surface area contributed by atoms with Crippen molar-refractivity contribution in [2.45, 2.75) is 44.2 Å². The Morgan fingerprint density at radius 3 is 2.69 bits per heavy atom. The van der Waals surface area contributed by atoms with E-state index in [9.17, 15) is 4.79 Å². The Bertz CT molecular complexity index is 268. The Morgan fingerprint density at radius 1 is 1.50 bits per heavy atom. The summed E-state index contributed by atoms with van der Waals surface area (Å²) < 4.78 is 5.53. The van der Waals surface area contributed by atoms with Gasteiger partial charge in [0.1, 0.15) is 0 Å². The summed E-state index contributed by atoms with van der Waals surface area (Å²) in [6, 6.07) is 0. The van der Waals surface area contributed by atoms with Gasteiger partial charge in [-0.3, -0.25) is 4.79 Å². The van der Waals surface area contributed by atoms with Crippen molar-refractivity contribution in [2.75, 3.05) is 20.2 Å². The van der Waals surface area contributed by atoms with Crippen LogP contribution in [-0.4, -0.2) is 42.6 Å². The van der Waals surface area contributed by atoms with Crippen LogP contribution in [0.4, 0.5) is 0 Å². The zero-order valence-electron chi connectivity index (χ0n) is 10.2. The predicted molar refractivity (Wildman–Crippen MR) is 61.9 cm³/mol. The standard InChI is InChI=1S/C12H22N2O2/c1-12(13,9-5-6-9)11(15)14(2)8-10-4-3-7-16-10/h9-10H,3-8,13H2,1-2H3. The molecule has 2 atom stereocenters. The van der Waals surface area contributed by atoms with Crippen molar-refractivity contribution in [2.24, 2.45) is 11.7 Å². The van der Waals surface area contributed by atoms with Gasteiger partial charge >= 0.3 is 0 Å². The normalized spacial score (nSPS) is 28.8. The summed E-state index contributed by atoms with van der Waals surface area (Å²) in [5.74, 6) is 0.442. The second kappa shape index (κ2) is 4.34. The van der Waals surface area contributed by atoms with Crippen molar-refractivity contribution in [1.82, 2.24) is 4.90 Å². The predicted octanol–water partition coefficient (Wildman–Crippen LogP) is 0.751. The highest BCUT2D eigenvalue weighted by atomic mass is 16.5. The van der Waals surface area contributed by atoms with Crippen molar-refractivity contribution in [1.29, 1.82) is 0 Å². The number of hydrogen-bond donors (Lipinski definition) is 1. The van der Waals surface area contributed by atoms with Crippen LogP contribution in [0.3, 0.4) is 0 Å². The summed E-state index contributed by atoms with van der Waals surface area (Å²) in [6.07, 6.45) is 4.56. The Labute approximate surface area is 97.1 Å². The number of rotatable bonds is 4. The van der Waals surface area contributed by atoms with Crippen LogP contribution in [0.1, 0.15) is 32.6 Å². The summed E-state index contributed by atoms with van der Waals surface area (Å²) in [6.45, 7) is 3.37. The van der Waals surface area contributed by atoms with Gasteiger partial charge in [0.15, 0.2) is 0 Å². The lowest BCUT2D eigenvalue weighted by atomic mass is 9.95. The minimum Gasteiger partial charge on any atom is -0.376 e. The highest BCUT2D eigenvalue weighted by Gasteiger charge is 2.45. The molecule has 1 heterocycles. The second-order valence-corrected chi connectivity index (χ2v) is 5.38. The fraction of sp³-hybridized carbons (Fsp3) is 0.917. The molecule has 2 aliphatic rings. The van der Waals surface area contributed by atoms with E-state index in [0.717, 1.165) is 32.3 Å². The smallest absolute Gasteiger partial charge is 0.242 e. The van der Waals surface area contributed by atoms with E-state index >= 15 is 0 Å². The number of nitrogens with zero attached hydrogens (tertiary/aromatic N) is 1. The first kappa shape index (κ1) is 11.9. The summed E-state index contributed by atoms with van der Waals surface area (Å²) in [7, 11) is 1.83. The van der Waals surface area contributed by atoms with Crippen LogP contribution >= 0.6 is 0 Å². The molecule has 0 aromatic carbocycles. The molecule has 2 fully saturated rings. The lowest BCUT2D eigenvalue weighted by Gasteiger charge is -2.30. The minimum absolute atomic E-state index is 0.0606. The molecule has 0 aromatic rings. The number of carbonyl (C=O) groups is 1. The van der Waals surface area contributed by atoms with Crippen LogP contribution in [0.5, 0.6) is 0 Å². The van der Waals surface area contributed by atoms with Gasteiger partial charge in [0.05, 0.1) is 11.6 Å². The van der Waals surface area contributed by atoms with Crippen molar-refractivity contribution < 1.29 is 9.53 Å². The van der Waals surface area contributed by atoms with Crippen molar-refractivity contribution in [3.63, 3.8) is 0 Å². The molecule has 16 heavy (non-hydrogen) atoms. The minimum atomic E-state index is -0.673. The van der Waals surface area contributed by atoms with Gasteiger partial charge in [0.2, 0.25) is 5.91 Å². The van der Waals surface area contributed by atoms with E-state index in [1.807, 2.05) is 14.0 Å². The maximum Gasteiger partial charge on any atom is 0.242 e.